The van der Waals surface area contributed by atoms with Crippen molar-refractivity contribution in [2.75, 3.05) is 18.0 Å². The molecule has 23 heavy (non-hydrogen) atoms. The lowest BCUT2D eigenvalue weighted by Gasteiger charge is -2.34. The first-order valence-electron chi connectivity index (χ1n) is 8.32. The lowest BCUT2D eigenvalue weighted by molar-refractivity contribution is -0.124. The van der Waals surface area contributed by atoms with Crippen LogP contribution >= 0.6 is 0 Å². The maximum absolute atomic E-state index is 12.0. The maximum atomic E-state index is 12.0. The number of carbonyl (C=O) groups is 1. The van der Waals surface area contributed by atoms with E-state index in [1.807, 2.05) is 19.9 Å². The largest absolute Gasteiger partial charge is 0.354 e. The molecule has 1 N–H and O–H groups in total. The Balaban J connectivity index is 1.84. The van der Waals surface area contributed by atoms with Crippen molar-refractivity contribution in [3.63, 3.8) is 0 Å². The molecule has 1 aromatic heterocycles. The van der Waals surface area contributed by atoms with Crippen molar-refractivity contribution in [3.8, 4) is 0 Å². The van der Waals surface area contributed by atoms with E-state index in [2.05, 4.69) is 39.2 Å². The molecule has 1 amide bonds. The van der Waals surface area contributed by atoms with E-state index in [0.717, 1.165) is 48.2 Å². The zero-order valence-corrected chi connectivity index (χ0v) is 14.0. The molecule has 1 fully saturated rings. The summed E-state index contributed by atoms with van der Waals surface area (Å²) in [6.07, 6.45) is 3.72. The van der Waals surface area contributed by atoms with Gasteiger partial charge in [-0.1, -0.05) is 26.0 Å². The summed E-state index contributed by atoms with van der Waals surface area (Å²) in [6, 6.07) is 6.38. The van der Waals surface area contributed by atoms with Crippen LogP contribution in [0.1, 0.15) is 32.3 Å². The number of carbonyl (C=O) groups excluding carboxylic acids is 1. The van der Waals surface area contributed by atoms with Crippen LogP contribution in [0.25, 0.3) is 10.9 Å². The summed E-state index contributed by atoms with van der Waals surface area (Å²) in [5.41, 5.74) is 2.17. The molecule has 0 aliphatic carbocycles. The molecule has 2 aromatic rings. The number of aromatic nitrogens is 2. The number of benzene rings is 1. The van der Waals surface area contributed by atoms with Gasteiger partial charge in [0.25, 0.3) is 0 Å². The number of amides is 1. The molecule has 5 nitrogen and oxygen atoms in total. The third-order valence-electron chi connectivity index (χ3n) is 4.44. The average molecular weight is 312 g/mol. The number of piperidine rings is 1. The monoisotopic (exact) mass is 312 g/mol. The summed E-state index contributed by atoms with van der Waals surface area (Å²) >= 11 is 0. The molecule has 0 saturated carbocycles. The molecule has 1 atom stereocenters. The van der Waals surface area contributed by atoms with Gasteiger partial charge >= 0.3 is 0 Å². The third-order valence-corrected chi connectivity index (χ3v) is 4.44. The zero-order valence-electron chi connectivity index (χ0n) is 14.0. The van der Waals surface area contributed by atoms with Crippen LogP contribution in [-0.2, 0) is 4.79 Å². The van der Waals surface area contributed by atoms with Gasteiger partial charge in [0.2, 0.25) is 5.91 Å². The number of hydrogen-bond donors (Lipinski definition) is 1. The molecule has 0 radical (unpaired) electrons. The van der Waals surface area contributed by atoms with Crippen LogP contribution in [-0.4, -0.2) is 35.0 Å². The normalized spacial score (nSPS) is 18.4. The number of nitrogens with one attached hydrogen (secondary N) is 1. The zero-order chi connectivity index (χ0) is 16.4. The highest BCUT2D eigenvalue weighted by Gasteiger charge is 2.24. The maximum Gasteiger partial charge on any atom is 0.222 e. The van der Waals surface area contributed by atoms with Crippen molar-refractivity contribution in [3.05, 3.63) is 30.1 Å². The second-order valence-corrected chi connectivity index (χ2v) is 6.62. The Hall–Kier alpha value is -2.17. The Morgan fingerprint density at radius 1 is 1.35 bits per heavy atom. The lowest BCUT2D eigenvalue weighted by Crippen LogP contribution is -2.49. The van der Waals surface area contributed by atoms with Crippen molar-refractivity contribution in [2.24, 2.45) is 5.92 Å². The Labute approximate surface area is 137 Å². The fourth-order valence-electron chi connectivity index (χ4n) is 3.13. The van der Waals surface area contributed by atoms with Gasteiger partial charge < -0.3 is 10.2 Å². The summed E-state index contributed by atoms with van der Waals surface area (Å²) in [6.45, 7) is 7.70. The first-order valence-corrected chi connectivity index (χ1v) is 8.32. The van der Waals surface area contributed by atoms with E-state index >= 15 is 0 Å². The van der Waals surface area contributed by atoms with E-state index in [0.29, 0.717) is 0 Å². The van der Waals surface area contributed by atoms with Gasteiger partial charge in [0.15, 0.2) is 0 Å². The number of anilines is 1. The third kappa shape index (κ3) is 3.28. The summed E-state index contributed by atoms with van der Waals surface area (Å²) < 4.78 is 0. The number of rotatable bonds is 3. The lowest BCUT2D eigenvalue weighted by atomic mass is 10.0. The smallest absolute Gasteiger partial charge is 0.222 e. The van der Waals surface area contributed by atoms with Gasteiger partial charge in [0.05, 0.1) is 5.52 Å². The first kappa shape index (κ1) is 15.7. The Morgan fingerprint density at radius 3 is 2.96 bits per heavy atom. The van der Waals surface area contributed by atoms with Crippen molar-refractivity contribution < 1.29 is 4.79 Å². The molecular weight excluding hydrogens is 288 g/mol. The van der Waals surface area contributed by atoms with E-state index in [1.165, 1.54) is 0 Å². The van der Waals surface area contributed by atoms with E-state index in [9.17, 15) is 4.79 Å². The fraction of sp³-hybridized carbons (Fsp3) is 0.500. The Morgan fingerprint density at radius 2 is 2.17 bits per heavy atom. The van der Waals surface area contributed by atoms with Gasteiger partial charge in [-0.25, -0.2) is 9.97 Å². The SMILES string of the molecule is Cc1cccc2c(N3CCC[C@H](NC(=O)C(C)C)C3)ncnc12. The topological polar surface area (TPSA) is 58.1 Å². The van der Waals surface area contributed by atoms with Gasteiger partial charge in [-0.05, 0) is 31.4 Å². The predicted molar refractivity (Wildman–Crippen MR) is 92.5 cm³/mol. The minimum Gasteiger partial charge on any atom is -0.354 e. The van der Waals surface area contributed by atoms with Crippen LogP contribution in [0.15, 0.2) is 24.5 Å². The molecular formula is C18H24N4O. The quantitative estimate of drug-likeness (QED) is 0.946. The van der Waals surface area contributed by atoms with E-state index in [4.69, 9.17) is 0 Å². The van der Waals surface area contributed by atoms with Crippen LogP contribution in [0.5, 0.6) is 0 Å². The van der Waals surface area contributed by atoms with E-state index in [1.54, 1.807) is 6.33 Å². The van der Waals surface area contributed by atoms with Crippen molar-refractivity contribution in [1.29, 1.82) is 0 Å². The molecule has 0 bridgehead atoms. The number of nitrogens with zero attached hydrogens (tertiary/aromatic N) is 3. The molecule has 122 valence electrons. The van der Waals surface area contributed by atoms with E-state index in [-0.39, 0.29) is 17.9 Å². The Bertz CT molecular complexity index is 713. The predicted octanol–water partition coefficient (Wildman–Crippen LogP) is 2.68. The molecule has 1 aromatic carbocycles. The van der Waals surface area contributed by atoms with Gasteiger partial charge in [-0.15, -0.1) is 0 Å². The second kappa shape index (κ2) is 6.52. The van der Waals surface area contributed by atoms with Crippen LogP contribution in [0.4, 0.5) is 5.82 Å². The number of para-hydroxylation sites is 1. The average Bonchev–Trinajstić information content (AvgIpc) is 2.55. The Kier molecular flexibility index (Phi) is 4.46. The summed E-state index contributed by atoms with van der Waals surface area (Å²) in [5, 5.41) is 4.24. The summed E-state index contributed by atoms with van der Waals surface area (Å²) in [7, 11) is 0. The van der Waals surface area contributed by atoms with Crippen molar-refractivity contribution >= 4 is 22.6 Å². The van der Waals surface area contributed by atoms with E-state index < -0.39 is 0 Å². The molecule has 1 aliphatic rings. The molecule has 1 saturated heterocycles. The minimum atomic E-state index is 0.0212. The van der Waals surface area contributed by atoms with Crippen molar-refractivity contribution in [2.45, 2.75) is 39.7 Å². The minimum absolute atomic E-state index is 0.0212. The van der Waals surface area contributed by atoms with Gasteiger partial charge in [-0.2, -0.15) is 0 Å². The van der Waals surface area contributed by atoms with Gasteiger partial charge in [0.1, 0.15) is 12.1 Å². The summed E-state index contributed by atoms with van der Waals surface area (Å²) in [4.78, 5) is 23.2. The standard InChI is InChI=1S/C18H24N4O/c1-12(2)18(23)21-14-7-5-9-22(10-14)17-15-8-4-6-13(3)16(15)19-11-20-17/h4,6,8,11-12,14H,5,7,9-10H2,1-3H3,(H,21,23)/t14-/m0/s1. The van der Waals surface area contributed by atoms with Crippen LogP contribution in [0.3, 0.4) is 0 Å². The molecule has 2 heterocycles. The summed E-state index contributed by atoms with van der Waals surface area (Å²) in [5.74, 6) is 1.12. The molecule has 5 heteroatoms. The van der Waals surface area contributed by atoms with Gasteiger partial charge in [0, 0.05) is 30.4 Å². The number of hydrogen-bond acceptors (Lipinski definition) is 4. The highest BCUT2D eigenvalue weighted by molar-refractivity contribution is 5.91. The van der Waals surface area contributed by atoms with Gasteiger partial charge in [-0.3, -0.25) is 4.79 Å². The highest BCUT2D eigenvalue weighted by atomic mass is 16.1. The molecule has 1 aliphatic heterocycles. The van der Waals surface area contributed by atoms with Crippen molar-refractivity contribution in [1.82, 2.24) is 15.3 Å². The number of aryl methyl sites for hydroxylation is 1. The number of fused-ring (bicyclic) bond motifs is 1. The fourth-order valence-corrected chi connectivity index (χ4v) is 3.13. The molecule has 0 spiro atoms. The molecule has 0 unspecified atom stereocenters. The molecule has 3 rings (SSSR count). The first-order chi connectivity index (χ1) is 11.1. The van der Waals surface area contributed by atoms with Crippen LogP contribution in [0.2, 0.25) is 0 Å². The van der Waals surface area contributed by atoms with Crippen LogP contribution in [0, 0.1) is 12.8 Å². The van der Waals surface area contributed by atoms with Crippen LogP contribution < -0.4 is 10.2 Å². The highest BCUT2D eigenvalue weighted by Crippen LogP contribution is 2.27. The second-order valence-electron chi connectivity index (χ2n) is 6.62.